The summed E-state index contributed by atoms with van der Waals surface area (Å²) in [6.07, 6.45) is 0. The standard InChI is InChI=1S/C20H21NO6/c1-14(22)16-4-3-5-18(10-16)26-12-19(23)21(2)11-15-6-8-17(9-7-15)27-13-20(24)25/h3-10H,11-13H2,1-2H3,(H,24,25). The number of rotatable bonds is 9. The lowest BCUT2D eigenvalue weighted by Gasteiger charge is -2.18. The van der Waals surface area contributed by atoms with Gasteiger partial charge >= 0.3 is 5.97 Å². The van der Waals surface area contributed by atoms with Crippen molar-refractivity contribution >= 4 is 17.7 Å². The molecule has 2 aromatic rings. The Hall–Kier alpha value is -3.35. The van der Waals surface area contributed by atoms with Crippen molar-refractivity contribution in [3.05, 3.63) is 59.7 Å². The summed E-state index contributed by atoms with van der Waals surface area (Å²) in [6, 6.07) is 13.5. The highest BCUT2D eigenvalue weighted by Gasteiger charge is 2.11. The zero-order valence-electron chi connectivity index (χ0n) is 15.2. The molecule has 0 aliphatic rings. The van der Waals surface area contributed by atoms with Crippen LogP contribution in [-0.4, -0.2) is 47.9 Å². The van der Waals surface area contributed by atoms with Gasteiger partial charge in [-0.1, -0.05) is 24.3 Å². The summed E-state index contributed by atoms with van der Waals surface area (Å²) < 4.78 is 10.5. The average molecular weight is 371 g/mol. The number of ketones is 1. The molecule has 0 fully saturated rings. The number of Topliss-reactive ketones (excluding diaryl/α,β-unsaturated/α-hetero) is 1. The van der Waals surface area contributed by atoms with Gasteiger partial charge in [0.1, 0.15) is 11.5 Å². The molecule has 27 heavy (non-hydrogen) atoms. The minimum absolute atomic E-state index is 0.0697. The third-order valence-electron chi connectivity index (χ3n) is 3.73. The molecule has 0 spiro atoms. The van der Waals surface area contributed by atoms with Crippen LogP contribution in [0.15, 0.2) is 48.5 Å². The number of benzene rings is 2. The summed E-state index contributed by atoms with van der Waals surface area (Å²) in [5.74, 6) is -0.416. The van der Waals surface area contributed by atoms with Crippen LogP contribution in [-0.2, 0) is 16.1 Å². The molecule has 0 aromatic heterocycles. The second-order valence-electron chi connectivity index (χ2n) is 5.95. The van der Waals surface area contributed by atoms with Gasteiger partial charge in [-0.15, -0.1) is 0 Å². The number of carboxylic acids is 1. The number of hydrogen-bond donors (Lipinski definition) is 1. The van der Waals surface area contributed by atoms with Gasteiger partial charge in [-0.2, -0.15) is 0 Å². The van der Waals surface area contributed by atoms with Gasteiger partial charge in [0.15, 0.2) is 19.0 Å². The van der Waals surface area contributed by atoms with Gasteiger partial charge in [-0.3, -0.25) is 9.59 Å². The van der Waals surface area contributed by atoms with Gasteiger partial charge in [0, 0.05) is 19.2 Å². The maximum Gasteiger partial charge on any atom is 0.341 e. The van der Waals surface area contributed by atoms with Crippen molar-refractivity contribution in [3.8, 4) is 11.5 Å². The van der Waals surface area contributed by atoms with E-state index in [9.17, 15) is 14.4 Å². The van der Waals surface area contributed by atoms with Gasteiger partial charge in [0.25, 0.3) is 5.91 Å². The monoisotopic (exact) mass is 371 g/mol. The molecule has 7 nitrogen and oxygen atoms in total. The third kappa shape index (κ3) is 6.47. The number of amides is 1. The summed E-state index contributed by atoms with van der Waals surface area (Å²) in [6.45, 7) is 1.29. The van der Waals surface area contributed by atoms with Crippen LogP contribution in [0, 0.1) is 0 Å². The van der Waals surface area contributed by atoms with E-state index in [4.69, 9.17) is 14.6 Å². The number of aliphatic carboxylic acids is 1. The van der Waals surface area contributed by atoms with Gasteiger partial charge in [-0.25, -0.2) is 4.79 Å². The predicted octanol–water partition coefficient (Wildman–Crippen LogP) is 2.39. The number of carbonyl (C=O) groups excluding carboxylic acids is 2. The molecular formula is C20H21NO6. The molecule has 142 valence electrons. The van der Waals surface area contributed by atoms with Crippen molar-refractivity contribution < 1.29 is 29.0 Å². The quantitative estimate of drug-likeness (QED) is 0.681. The molecule has 0 saturated carbocycles. The first-order chi connectivity index (χ1) is 12.8. The van der Waals surface area contributed by atoms with Crippen LogP contribution in [0.5, 0.6) is 11.5 Å². The van der Waals surface area contributed by atoms with E-state index >= 15 is 0 Å². The fourth-order valence-corrected chi connectivity index (χ4v) is 2.26. The van der Waals surface area contributed by atoms with Gasteiger partial charge in [0.2, 0.25) is 0 Å². The fourth-order valence-electron chi connectivity index (χ4n) is 2.26. The summed E-state index contributed by atoms with van der Waals surface area (Å²) in [4.78, 5) is 35.6. The van der Waals surface area contributed by atoms with Crippen molar-refractivity contribution in [2.45, 2.75) is 13.5 Å². The van der Waals surface area contributed by atoms with Crippen LogP contribution in [0.25, 0.3) is 0 Å². The fraction of sp³-hybridized carbons (Fsp3) is 0.250. The smallest absolute Gasteiger partial charge is 0.341 e. The normalized spacial score (nSPS) is 10.1. The first-order valence-corrected chi connectivity index (χ1v) is 8.26. The number of carboxylic acid groups (broad SMARTS) is 1. The summed E-state index contributed by atoms with van der Waals surface area (Å²) in [5, 5.41) is 8.59. The lowest BCUT2D eigenvalue weighted by Crippen LogP contribution is -2.30. The number of ether oxygens (including phenoxy) is 2. The van der Waals surface area contributed by atoms with Crippen molar-refractivity contribution in [2.75, 3.05) is 20.3 Å². The zero-order chi connectivity index (χ0) is 19.8. The number of carbonyl (C=O) groups is 3. The van der Waals surface area contributed by atoms with Crippen LogP contribution in [0.1, 0.15) is 22.8 Å². The van der Waals surface area contributed by atoms with Crippen molar-refractivity contribution in [1.82, 2.24) is 4.90 Å². The summed E-state index contributed by atoms with van der Waals surface area (Å²) >= 11 is 0. The van der Waals surface area contributed by atoms with Crippen LogP contribution in [0.3, 0.4) is 0 Å². The average Bonchev–Trinajstić information content (AvgIpc) is 2.65. The summed E-state index contributed by atoms with van der Waals surface area (Å²) in [5.41, 5.74) is 1.39. The Morgan fingerprint density at radius 2 is 1.63 bits per heavy atom. The highest BCUT2D eigenvalue weighted by atomic mass is 16.5. The maximum absolute atomic E-state index is 12.2. The maximum atomic E-state index is 12.2. The lowest BCUT2D eigenvalue weighted by molar-refractivity contribution is -0.139. The van der Waals surface area contributed by atoms with Crippen molar-refractivity contribution in [3.63, 3.8) is 0 Å². The molecule has 7 heteroatoms. The van der Waals surface area contributed by atoms with Crippen LogP contribution < -0.4 is 9.47 Å². The van der Waals surface area contributed by atoms with Gasteiger partial charge < -0.3 is 19.5 Å². The van der Waals surface area contributed by atoms with Crippen molar-refractivity contribution in [2.24, 2.45) is 0 Å². The molecule has 2 aromatic carbocycles. The molecule has 2 rings (SSSR count). The van der Waals surface area contributed by atoms with Gasteiger partial charge in [-0.05, 0) is 36.8 Å². The van der Waals surface area contributed by atoms with E-state index in [1.54, 1.807) is 55.6 Å². The first-order valence-electron chi connectivity index (χ1n) is 8.26. The Morgan fingerprint density at radius 3 is 2.26 bits per heavy atom. The Morgan fingerprint density at radius 1 is 0.963 bits per heavy atom. The Labute approximate surface area is 157 Å². The Kier molecular flexibility index (Phi) is 6.93. The third-order valence-corrected chi connectivity index (χ3v) is 3.73. The predicted molar refractivity (Wildman–Crippen MR) is 98.0 cm³/mol. The highest BCUT2D eigenvalue weighted by molar-refractivity contribution is 5.94. The molecule has 1 N–H and O–H groups in total. The second kappa shape index (κ2) is 9.38. The molecule has 0 unspecified atom stereocenters. The highest BCUT2D eigenvalue weighted by Crippen LogP contribution is 2.15. The minimum Gasteiger partial charge on any atom is -0.484 e. The van der Waals surface area contributed by atoms with Gasteiger partial charge in [0.05, 0.1) is 0 Å². The molecule has 0 radical (unpaired) electrons. The Bertz CT molecular complexity index is 815. The van der Waals surface area contributed by atoms with Crippen LogP contribution in [0.4, 0.5) is 0 Å². The lowest BCUT2D eigenvalue weighted by atomic mass is 10.1. The summed E-state index contributed by atoms with van der Waals surface area (Å²) in [7, 11) is 1.66. The van der Waals surface area contributed by atoms with Crippen LogP contribution in [0.2, 0.25) is 0 Å². The van der Waals surface area contributed by atoms with E-state index in [1.165, 1.54) is 11.8 Å². The molecule has 0 atom stereocenters. The molecule has 0 aliphatic heterocycles. The van der Waals surface area contributed by atoms with E-state index < -0.39 is 12.6 Å². The molecule has 0 bridgehead atoms. The first kappa shape index (κ1) is 20.0. The van der Waals surface area contributed by atoms with E-state index in [0.29, 0.717) is 23.6 Å². The molecule has 0 heterocycles. The molecule has 1 amide bonds. The molecule has 0 aliphatic carbocycles. The second-order valence-corrected chi connectivity index (χ2v) is 5.95. The number of hydrogen-bond acceptors (Lipinski definition) is 5. The number of nitrogens with zero attached hydrogens (tertiary/aromatic N) is 1. The van der Waals surface area contributed by atoms with E-state index in [1.807, 2.05) is 0 Å². The van der Waals surface area contributed by atoms with E-state index in [-0.39, 0.29) is 18.3 Å². The molecule has 0 saturated heterocycles. The minimum atomic E-state index is -1.04. The molecular weight excluding hydrogens is 350 g/mol. The zero-order valence-corrected chi connectivity index (χ0v) is 15.2. The number of likely N-dealkylation sites (N-methyl/N-ethyl adjacent to an activating group) is 1. The largest absolute Gasteiger partial charge is 0.484 e. The van der Waals surface area contributed by atoms with Crippen molar-refractivity contribution in [1.29, 1.82) is 0 Å². The van der Waals surface area contributed by atoms with E-state index in [2.05, 4.69) is 0 Å². The Balaban J connectivity index is 1.85. The van der Waals surface area contributed by atoms with Crippen LogP contribution >= 0.6 is 0 Å². The topological polar surface area (TPSA) is 93.1 Å². The van der Waals surface area contributed by atoms with E-state index in [0.717, 1.165) is 5.56 Å². The SMILES string of the molecule is CC(=O)c1cccc(OCC(=O)N(C)Cc2ccc(OCC(=O)O)cc2)c1.